The van der Waals surface area contributed by atoms with E-state index in [1.54, 1.807) is 28.8 Å². The Morgan fingerprint density at radius 2 is 2.05 bits per heavy atom. The summed E-state index contributed by atoms with van der Waals surface area (Å²) in [6.07, 6.45) is 5.57. The quantitative estimate of drug-likeness (QED) is 0.773. The van der Waals surface area contributed by atoms with Crippen molar-refractivity contribution in [3.8, 4) is 0 Å². The molecule has 0 spiro atoms. The number of hydrogen-bond donors (Lipinski definition) is 0. The maximum absolute atomic E-state index is 12.5. The molecule has 0 saturated heterocycles. The van der Waals surface area contributed by atoms with Crippen LogP contribution < -0.4 is 0 Å². The van der Waals surface area contributed by atoms with Crippen LogP contribution in [0.15, 0.2) is 29.6 Å². The van der Waals surface area contributed by atoms with Crippen molar-refractivity contribution < 1.29 is 8.42 Å². The van der Waals surface area contributed by atoms with E-state index in [1.807, 2.05) is 19.9 Å². The van der Waals surface area contributed by atoms with Crippen LogP contribution in [0.5, 0.6) is 0 Å². The van der Waals surface area contributed by atoms with E-state index in [1.165, 1.54) is 10.5 Å². The van der Waals surface area contributed by atoms with Gasteiger partial charge in [-0.15, -0.1) is 0 Å². The number of hydrogen-bond acceptors (Lipinski definition) is 4. The predicted molar refractivity (Wildman–Crippen MR) is 79.1 cm³/mol. The number of sulfonamides is 1. The predicted octanol–water partition coefficient (Wildman–Crippen LogP) is 1.33. The van der Waals surface area contributed by atoms with Gasteiger partial charge in [-0.3, -0.25) is 9.36 Å². The van der Waals surface area contributed by atoms with Gasteiger partial charge in [0.1, 0.15) is 4.90 Å². The van der Waals surface area contributed by atoms with E-state index in [4.69, 9.17) is 0 Å². The molecule has 0 aliphatic rings. The lowest BCUT2D eigenvalue weighted by Gasteiger charge is -2.16. The molecule has 0 bridgehead atoms. The Morgan fingerprint density at radius 3 is 2.71 bits per heavy atom. The van der Waals surface area contributed by atoms with Gasteiger partial charge in [-0.25, -0.2) is 8.42 Å². The van der Waals surface area contributed by atoms with Crippen LogP contribution in [0.25, 0.3) is 0 Å². The van der Waals surface area contributed by atoms with Gasteiger partial charge >= 0.3 is 0 Å². The zero-order chi connectivity index (χ0) is 15.5. The van der Waals surface area contributed by atoms with Crippen LogP contribution in [-0.4, -0.2) is 39.3 Å². The Morgan fingerprint density at radius 1 is 1.29 bits per heavy atom. The average Bonchev–Trinajstić information content (AvgIpc) is 3.08. The molecule has 0 saturated carbocycles. The zero-order valence-electron chi connectivity index (χ0n) is 12.6. The monoisotopic (exact) mass is 311 g/mol. The minimum atomic E-state index is -3.53. The molecule has 21 heavy (non-hydrogen) atoms. The highest BCUT2D eigenvalue weighted by atomic mass is 32.2. The third kappa shape index (κ3) is 3.33. The smallest absolute Gasteiger partial charge is 0.246 e. The summed E-state index contributed by atoms with van der Waals surface area (Å²) in [6.45, 7) is 5.70. The van der Waals surface area contributed by atoms with Gasteiger partial charge in [-0.2, -0.15) is 14.5 Å². The molecular formula is C13H21N5O2S. The Balaban J connectivity index is 2.18. The van der Waals surface area contributed by atoms with Crippen LogP contribution in [-0.2, 0) is 29.7 Å². The number of nitrogens with zero attached hydrogens (tertiary/aromatic N) is 5. The van der Waals surface area contributed by atoms with Crippen molar-refractivity contribution in [1.29, 1.82) is 0 Å². The molecule has 0 unspecified atom stereocenters. The normalized spacial score (nSPS) is 12.2. The third-order valence-corrected chi connectivity index (χ3v) is 5.02. The summed E-state index contributed by atoms with van der Waals surface area (Å²) in [6, 6.07) is 1.83. The molecule has 0 fully saturated rings. The van der Waals surface area contributed by atoms with Gasteiger partial charge in [0, 0.05) is 32.5 Å². The first-order chi connectivity index (χ1) is 9.98. The van der Waals surface area contributed by atoms with E-state index in [0.717, 1.165) is 12.1 Å². The van der Waals surface area contributed by atoms with E-state index >= 15 is 0 Å². The lowest BCUT2D eigenvalue weighted by molar-refractivity contribution is 0.447. The Hall–Kier alpha value is -1.67. The van der Waals surface area contributed by atoms with Gasteiger partial charge in [0.05, 0.1) is 18.4 Å². The fourth-order valence-corrected chi connectivity index (χ4v) is 3.20. The molecule has 0 aliphatic carbocycles. The van der Waals surface area contributed by atoms with Gasteiger partial charge in [0.25, 0.3) is 0 Å². The van der Waals surface area contributed by atoms with Crippen molar-refractivity contribution in [2.24, 2.45) is 0 Å². The van der Waals surface area contributed by atoms with Crippen LogP contribution >= 0.6 is 0 Å². The number of aryl methyl sites for hydroxylation is 2. The molecule has 0 N–H and O–H groups in total. The van der Waals surface area contributed by atoms with Gasteiger partial charge < -0.3 is 0 Å². The minimum Gasteiger partial charge on any atom is -0.271 e. The second-order valence-corrected chi connectivity index (χ2v) is 6.88. The van der Waals surface area contributed by atoms with E-state index in [9.17, 15) is 8.42 Å². The maximum Gasteiger partial charge on any atom is 0.246 e. The van der Waals surface area contributed by atoms with Crippen molar-refractivity contribution in [3.63, 3.8) is 0 Å². The van der Waals surface area contributed by atoms with Crippen molar-refractivity contribution >= 4 is 10.0 Å². The maximum atomic E-state index is 12.5. The molecule has 0 aliphatic heterocycles. The lowest BCUT2D eigenvalue weighted by Crippen LogP contribution is -2.27. The summed E-state index contributed by atoms with van der Waals surface area (Å²) in [5, 5.41) is 8.23. The topological polar surface area (TPSA) is 73.0 Å². The average molecular weight is 311 g/mol. The van der Waals surface area contributed by atoms with E-state index in [-0.39, 0.29) is 11.4 Å². The van der Waals surface area contributed by atoms with Gasteiger partial charge in [0.2, 0.25) is 10.0 Å². The summed E-state index contributed by atoms with van der Waals surface area (Å²) in [5.41, 5.74) is 0.865. The molecule has 0 radical (unpaired) electrons. The molecule has 7 nitrogen and oxygen atoms in total. The van der Waals surface area contributed by atoms with Gasteiger partial charge in [-0.05, 0) is 19.4 Å². The molecule has 2 heterocycles. The summed E-state index contributed by atoms with van der Waals surface area (Å²) in [5.74, 6) is 0. The van der Waals surface area contributed by atoms with Crippen LogP contribution in [0.2, 0.25) is 0 Å². The summed E-state index contributed by atoms with van der Waals surface area (Å²) < 4.78 is 29.8. The lowest BCUT2D eigenvalue weighted by atomic mass is 10.4. The molecule has 2 rings (SSSR count). The second-order valence-electron chi connectivity index (χ2n) is 4.84. The van der Waals surface area contributed by atoms with Crippen molar-refractivity contribution in [2.45, 2.75) is 44.8 Å². The van der Waals surface area contributed by atoms with E-state index < -0.39 is 10.0 Å². The fourth-order valence-electron chi connectivity index (χ4n) is 2.10. The molecule has 8 heteroatoms. The highest BCUT2D eigenvalue weighted by Crippen LogP contribution is 2.16. The largest absolute Gasteiger partial charge is 0.271 e. The van der Waals surface area contributed by atoms with Gasteiger partial charge in [0.15, 0.2) is 0 Å². The van der Waals surface area contributed by atoms with Crippen LogP contribution in [0.4, 0.5) is 0 Å². The zero-order valence-corrected chi connectivity index (χ0v) is 13.4. The molecule has 116 valence electrons. The molecule has 0 atom stereocenters. The summed E-state index contributed by atoms with van der Waals surface area (Å²) in [7, 11) is -1.96. The van der Waals surface area contributed by atoms with E-state index in [2.05, 4.69) is 10.2 Å². The summed E-state index contributed by atoms with van der Waals surface area (Å²) in [4.78, 5) is 0.223. The minimum absolute atomic E-state index is 0.223. The molecule has 2 aromatic heterocycles. The van der Waals surface area contributed by atoms with Crippen molar-refractivity contribution in [3.05, 3.63) is 30.4 Å². The van der Waals surface area contributed by atoms with Crippen molar-refractivity contribution in [2.75, 3.05) is 7.05 Å². The summed E-state index contributed by atoms with van der Waals surface area (Å²) >= 11 is 0. The fraction of sp³-hybridized carbons (Fsp3) is 0.538. The van der Waals surface area contributed by atoms with Crippen molar-refractivity contribution in [1.82, 2.24) is 23.9 Å². The van der Waals surface area contributed by atoms with E-state index in [0.29, 0.717) is 13.1 Å². The third-order valence-electron chi connectivity index (χ3n) is 3.26. The number of aromatic nitrogens is 4. The Bertz CT molecular complexity index is 689. The van der Waals surface area contributed by atoms with Crippen LogP contribution in [0, 0.1) is 0 Å². The SMILES string of the molecule is CCCn1cc(S(=O)(=O)N(C)Cc2ccnn2CC)cn1. The second kappa shape index (κ2) is 6.40. The van der Waals surface area contributed by atoms with Crippen LogP contribution in [0.3, 0.4) is 0 Å². The highest BCUT2D eigenvalue weighted by molar-refractivity contribution is 7.89. The molecule has 2 aromatic rings. The first-order valence-electron chi connectivity index (χ1n) is 6.98. The first-order valence-corrected chi connectivity index (χ1v) is 8.42. The standard InChI is InChI=1S/C13H21N5O2S/c1-4-8-17-11-13(9-15-17)21(19,20)16(3)10-12-6-7-14-18(12)5-2/h6-7,9,11H,4-5,8,10H2,1-3H3. The molecule has 0 aromatic carbocycles. The Labute approximate surface area is 125 Å². The molecular weight excluding hydrogens is 290 g/mol. The highest BCUT2D eigenvalue weighted by Gasteiger charge is 2.23. The Kier molecular flexibility index (Phi) is 4.79. The van der Waals surface area contributed by atoms with Gasteiger partial charge in [-0.1, -0.05) is 6.92 Å². The first kappa shape index (κ1) is 15.7. The molecule has 0 amide bonds. The number of rotatable bonds is 7. The van der Waals surface area contributed by atoms with Crippen LogP contribution in [0.1, 0.15) is 26.0 Å².